The number of benzene rings is 1. The van der Waals surface area contributed by atoms with Gasteiger partial charge in [0.1, 0.15) is 0 Å². The van der Waals surface area contributed by atoms with Gasteiger partial charge in [0.05, 0.1) is 12.2 Å². The summed E-state index contributed by atoms with van der Waals surface area (Å²) in [4.78, 5) is 0. The highest BCUT2D eigenvalue weighted by atomic mass is 79.9. The van der Waals surface area contributed by atoms with Gasteiger partial charge < -0.3 is 4.74 Å². The first-order valence-electron chi connectivity index (χ1n) is 3.96. The molecular weight excluding hydrogens is 261 g/mol. The maximum Gasteiger partial charge on any atom is 0.267 e. The first-order valence-corrected chi connectivity index (χ1v) is 4.76. The Balaban J connectivity index is 3.19. The van der Waals surface area contributed by atoms with Crippen LogP contribution in [0.4, 0.5) is 13.2 Å². The summed E-state index contributed by atoms with van der Waals surface area (Å²) in [6.45, 7) is 1.89. The molecule has 0 atom stereocenters. The predicted octanol–water partition coefficient (Wildman–Crippen LogP) is 3.92. The van der Waals surface area contributed by atoms with Crippen LogP contribution in [0.25, 0.3) is 0 Å². The third-order valence-corrected chi connectivity index (χ3v) is 2.30. The van der Waals surface area contributed by atoms with Gasteiger partial charge in [-0.2, -0.15) is 0 Å². The summed E-state index contributed by atoms with van der Waals surface area (Å²) >= 11 is 2.86. The molecule has 0 bridgehead atoms. The fourth-order valence-corrected chi connectivity index (χ4v) is 1.50. The lowest BCUT2D eigenvalue weighted by atomic mass is 10.2. The molecule has 0 unspecified atom stereocenters. The summed E-state index contributed by atoms with van der Waals surface area (Å²) in [5.74, 6) is -1.15. The van der Waals surface area contributed by atoms with E-state index in [1.165, 1.54) is 12.1 Å². The molecule has 1 aromatic carbocycles. The standard InChI is InChI=1S/C9H8BrF3O/c1-2-14-6-4-3-5(10)7(8(6)11)9(12)13/h3-4,9H,2H2,1H3. The molecule has 0 saturated heterocycles. The molecule has 0 N–H and O–H groups in total. The maximum atomic E-state index is 13.3. The van der Waals surface area contributed by atoms with Crippen LogP contribution < -0.4 is 4.74 Å². The average molecular weight is 269 g/mol. The normalized spacial score (nSPS) is 10.7. The number of alkyl halides is 2. The Morgan fingerprint density at radius 3 is 2.57 bits per heavy atom. The van der Waals surface area contributed by atoms with E-state index in [-0.39, 0.29) is 16.8 Å². The fraction of sp³-hybridized carbons (Fsp3) is 0.333. The van der Waals surface area contributed by atoms with Crippen molar-refractivity contribution in [1.82, 2.24) is 0 Å². The second kappa shape index (κ2) is 4.68. The van der Waals surface area contributed by atoms with Crippen LogP contribution in [0, 0.1) is 5.82 Å². The quantitative estimate of drug-likeness (QED) is 0.807. The number of ether oxygens (including phenoxy) is 1. The number of halogens is 4. The molecule has 1 aromatic rings. The lowest BCUT2D eigenvalue weighted by molar-refractivity contribution is 0.144. The van der Waals surface area contributed by atoms with Crippen LogP contribution in [0.2, 0.25) is 0 Å². The fourth-order valence-electron chi connectivity index (χ4n) is 1.02. The van der Waals surface area contributed by atoms with E-state index >= 15 is 0 Å². The molecule has 0 heterocycles. The van der Waals surface area contributed by atoms with Crippen LogP contribution in [-0.4, -0.2) is 6.61 Å². The van der Waals surface area contributed by atoms with Gasteiger partial charge in [-0.25, -0.2) is 13.2 Å². The van der Waals surface area contributed by atoms with Gasteiger partial charge in [0, 0.05) is 4.47 Å². The van der Waals surface area contributed by atoms with Crippen molar-refractivity contribution >= 4 is 15.9 Å². The van der Waals surface area contributed by atoms with E-state index < -0.39 is 17.8 Å². The monoisotopic (exact) mass is 268 g/mol. The largest absolute Gasteiger partial charge is 0.491 e. The molecule has 0 aliphatic carbocycles. The minimum Gasteiger partial charge on any atom is -0.491 e. The minimum atomic E-state index is -2.86. The number of hydrogen-bond donors (Lipinski definition) is 0. The van der Waals surface area contributed by atoms with Crippen molar-refractivity contribution in [3.8, 4) is 5.75 Å². The summed E-state index contributed by atoms with van der Waals surface area (Å²) in [5, 5.41) is 0. The van der Waals surface area contributed by atoms with Crippen LogP contribution in [0.5, 0.6) is 5.75 Å². The molecule has 1 nitrogen and oxygen atoms in total. The van der Waals surface area contributed by atoms with Crippen LogP contribution in [0.3, 0.4) is 0 Å². The Kier molecular flexibility index (Phi) is 3.80. The van der Waals surface area contributed by atoms with Crippen molar-refractivity contribution in [3.05, 3.63) is 28.0 Å². The molecule has 0 aliphatic rings. The van der Waals surface area contributed by atoms with E-state index in [1.807, 2.05) is 0 Å². The summed E-state index contributed by atoms with van der Waals surface area (Å²) in [6, 6.07) is 2.66. The summed E-state index contributed by atoms with van der Waals surface area (Å²) in [5.41, 5.74) is -0.657. The highest BCUT2D eigenvalue weighted by Crippen LogP contribution is 2.34. The average Bonchev–Trinajstić information content (AvgIpc) is 2.10. The highest BCUT2D eigenvalue weighted by molar-refractivity contribution is 9.10. The first-order chi connectivity index (χ1) is 6.57. The summed E-state index contributed by atoms with van der Waals surface area (Å²) in [7, 11) is 0. The van der Waals surface area contributed by atoms with Crippen molar-refractivity contribution in [2.45, 2.75) is 13.3 Å². The molecule has 5 heteroatoms. The van der Waals surface area contributed by atoms with E-state index in [0.717, 1.165) is 0 Å². The van der Waals surface area contributed by atoms with E-state index in [2.05, 4.69) is 15.9 Å². The van der Waals surface area contributed by atoms with Crippen molar-refractivity contribution in [2.24, 2.45) is 0 Å². The van der Waals surface area contributed by atoms with Gasteiger partial charge >= 0.3 is 0 Å². The first kappa shape index (κ1) is 11.4. The number of rotatable bonds is 3. The third-order valence-electron chi connectivity index (χ3n) is 1.61. The summed E-state index contributed by atoms with van der Waals surface area (Å²) < 4.78 is 43.0. The van der Waals surface area contributed by atoms with Gasteiger partial charge in [0.25, 0.3) is 6.43 Å². The lowest BCUT2D eigenvalue weighted by Gasteiger charge is -2.09. The van der Waals surface area contributed by atoms with E-state index in [4.69, 9.17) is 4.74 Å². The SMILES string of the molecule is CCOc1ccc(Br)c(C(F)F)c1F. The highest BCUT2D eigenvalue weighted by Gasteiger charge is 2.20. The van der Waals surface area contributed by atoms with Crippen molar-refractivity contribution in [3.63, 3.8) is 0 Å². The Morgan fingerprint density at radius 1 is 1.43 bits per heavy atom. The lowest BCUT2D eigenvalue weighted by Crippen LogP contribution is -1.99. The molecule has 0 aliphatic heterocycles. The Morgan fingerprint density at radius 2 is 2.07 bits per heavy atom. The molecule has 0 radical (unpaired) electrons. The van der Waals surface area contributed by atoms with Crippen molar-refractivity contribution in [2.75, 3.05) is 6.61 Å². The Bertz CT molecular complexity index is 328. The molecule has 0 aromatic heterocycles. The van der Waals surface area contributed by atoms with E-state index in [1.54, 1.807) is 6.92 Å². The molecule has 1 rings (SSSR count). The van der Waals surface area contributed by atoms with E-state index in [9.17, 15) is 13.2 Å². The smallest absolute Gasteiger partial charge is 0.267 e. The molecule has 14 heavy (non-hydrogen) atoms. The summed E-state index contributed by atoms with van der Waals surface area (Å²) in [6.07, 6.45) is -2.86. The second-order valence-electron chi connectivity index (χ2n) is 2.51. The van der Waals surface area contributed by atoms with Gasteiger partial charge in [0.15, 0.2) is 11.6 Å². The molecular formula is C9H8BrF3O. The van der Waals surface area contributed by atoms with Gasteiger partial charge in [-0.3, -0.25) is 0 Å². The molecule has 0 amide bonds. The van der Waals surface area contributed by atoms with Gasteiger partial charge in [-0.05, 0) is 19.1 Å². The van der Waals surface area contributed by atoms with Crippen LogP contribution in [0.15, 0.2) is 16.6 Å². The third kappa shape index (κ3) is 2.20. The Labute approximate surface area is 88.0 Å². The van der Waals surface area contributed by atoms with Crippen molar-refractivity contribution < 1.29 is 17.9 Å². The minimum absolute atomic E-state index is 0.0495. The zero-order chi connectivity index (χ0) is 10.7. The molecule has 0 fully saturated rings. The Hall–Kier alpha value is -0.710. The van der Waals surface area contributed by atoms with Crippen LogP contribution in [-0.2, 0) is 0 Å². The second-order valence-corrected chi connectivity index (χ2v) is 3.36. The van der Waals surface area contributed by atoms with Crippen molar-refractivity contribution in [1.29, 1.82) is 0 Å². The van der Waals surface area contributed by atoms with Crippen LogP contribution >= 0.6 is 15.9 Å². The molecule has 0 saturated carbocycles. The zero-order valence-electron chi connectivity index (χ0n) is 7.36. The van der Waals surface area contributed by atoms with Gasteiger partial charge in [-0.15, -0.1) is 0 Å². The topological polar surface area (TPSA) is 9.23 Å². The van der Waals surface area contributed by atoms with Gasteiger partial charge in [0.2, 0.25) is 0 Å². The zero-order valence-corrected chi connectivity index (χ0v) is 8.95. The maximum absolute atomic E-state index is 13.3. The van der Waals surface area contributed by atoms with Crippen LogP contribution in [0.1, 0.15) is 18.9 Å². The predicted molar refractivity (Wildman–Crippen MR) is 50.2 cm³/mol. The number of hydrogen-bond acceptors (Lipinski definition) is 1. The molecule has 0 spiro atoms. The molecule has 78 valence electrons. The van der Waals surface area contributed by atoms with Gasteiger partial charge in [-0.1, -0.05) is 15.9 Å². The van der Waals surface area contributed by atoms with E-state index in [0.29, 0.717) is 0 Å².